The molecule has 4 heteroatoms. The van der Waals surface area contributed by atoms with Crippen LogP contribution in [-0.4, -0.2) is 25.0 Å². The number of methoxy groups -OCH3 is 2. The van der Waals surface area contributed by atoms with Crippen molar-refractivity contribution < 1.29 is 14.3 Å². The first-order valence-corrected chi connectivity index (χ1v) is 9.88. The van der Waals surface area contributed by atoms with Crippen LogP contribution in [0.1, 0.15) is 35.2 Å². The number of ketones is 1. The highest BCUT2D eigenvalue weighted by atomic mass is 16.5. The molecule has 4 rings (SSSR count). The highest BCUT2D eigenvalue weighted by Gasteiger charge is 2.52. The maximum atomic E-state index is 13.1. The van der Waals surface area contributed by atoms with E-state index in [2.05, 4.69) is 17.1 Å². The van der Waals surface area contributed by atoms with Gasteiger partial charge in [-0.2, -0.15) is 0 Å². The van der Waals surface area contributed by atoms with E-state index in [0.29, 0.717) is 6.42 Å². The maximum Gasteiger partial charge on any atom is 0.149 e. The second kappa shape index (κ2) is 8.08. The average Bonchev–Trinajstić information content (AvgIpc) is 3.57. The van der Waals surface area contributed by atoms with E-state index in [1.807, 2.05) is 54.7 Å². The fourth-order valence-electron chi connectivity index (χ4n) is 3.88. The van der Waals surface area contributed by atoms with Gasteiger partial charge in [-0.25, -0.2) is 0 Å². The fourth-order valence-corrected chi connectivity index (χ4v) is 3.88. The molecule has 0 N–H and O–H groups in total. The van der Waals surface area contributed by atoms with Crippen molar-refractivity contribution in [3.8, 4) is 11.5 Å². The standard InChI is InChI=1S/C25H25NO3/c1-28-21-7-5-6-18(15-21)14-19-10-11-20(26-17-19)16-24(27)25(12-13-25)22-8-3-4-9-23(22)29-2/h3-11,15,17H,12-14,16H2,1-2H3. The van der Waals surface area contributed by atoms with Gasteiger partial charge in [0.05, 0.1) is 19.6 Å². The van der Waals surface area contributed by atoms with E-state index in [4.69, 9.17) is 9.47 Å². The number of Topliss-reactive ketones (excluding diaryl/α,β-unsaturated/α-hetero) is 1. The number of hydrogen-bond acceptors (Lipinski definition) is 4. The van der Waals surface area contributed by atoms with E-state index < -0.39 is 5.41 Å². The van der Waals surface area contributed by atoms with Crippen molar-refractivity contribution >= 4 is 5.78 Å². The Morgan fingerprint density at radius 2 is 1.79 bits per heavy atom. The van der Waals surface area contributed by atoms with Crippen molar-refractivity contribution in [3.63, 3.8) is 0 Å². The molecule has 0 aliphatic heterocycles. The summed E-state index contributed by atoms with van der Waals surface area (Å²) in [6.45, 7) is 0. The maximum absolute atomic E-state index is 13.1. The number of rotatable bonds is 8. The molecule has 0 radical (unpaired) electrons. The summed E-state index contributed by atoms with van der Waals surface area (Å²) in [5.41, 5.74) is 3.68. The Morgan fingerprint density at radius 1 is 0.966 bits per heavy atom. The molecule has 2 aromatic carbocycles. The molecular weight excluding hydrogens is 362 g/mol. The van der Waals surface area contributed by atoms with Gasteiger partial charge in [-0.05, 0) is 54.7 Å². The zero-order valence-electron chi connectivity index (χ0n) is 16.9. The number of carbonyl (C=O) groups is 1. The molecule has 4 nitrogen and oxygen atoms in total. The average molecular weight is 387 g/mol. The number of nitrogens with zero attached hydrogens (tertiary/aromatic N) is 1. The third kappa shape index (κ3) is 4.02. The van der Waals surface area contributed by atoms with Crippen LogP contribution >= 0.6 is 0 Å². The molecule has 1 aromatic heterocycles. The predicted molar refractivity (Wildman–Crippen MR) is 113 cm³/mol. The molecule has 1 fully saturated rings. The molecule has 1 heterocycles. The van der Waals surface area contributed by atoms with Crippen molar-refractivity contribution in [2.45, 2.75) is 31.1 Å². The normalized spacial score (nSPS) is 14.3. The SMILES string of the molecule is COc1cccc(Cc2ccc(CC(=O)C3(c4ccccc4OC)CC3)nc2)c1. The number of hydrogen-bond donors (Lipinski definition) is 0. The first-order valence-electron chi connectivity index (χ1n) is 9.88. The van der Waals surface area contributed by atoms with Crippen molar-refractivity contribution in [1.82, 2.24) is 4.98 Å². The molecule has 1 aliphatic carbocycles. The lowest BCUT2D eigenvalue weighted by molar-refractivity contribution is -0.120. The first kappa shape index (κ1) is 19.2. The smallest absolute Gasteiger partial charge is 0.149 e. The van der Waals surface area contributed by atoms with Gasteiger partial charge in [0.1, 0.15) is 17.3 Å². The van der Waals surface area contributed by atoms with Gasteiger partial charge in [0, 0.05) is 23.9 Å². The van der Waals surface area contributed by atoms with Crippen molar-refractivity contribution in [2.75, 3.05) is 14.2 Å². The Labute approximate surface area is 171 Å². The van der Waals surface area contributed by atoms with Gasteiger partial charge >= 0.3 is 0 Å². The summed E-state index contributed by atoms with van der Waals surface area (Å²) >= 11 is 0. The van der Waals surface area contributed by atoms with Crippen LogP contribution in [0.15, 0.2) is 66.9 Å². The summed E-state index contributed by atoms with van der Waals surface area (Å²) in [6.07, 6.45) is 4.74. The van der Waals surface area contributed by atoms with Crippen LogP contribution in [0.5, 0.6) is 11.5 Å². The second-order valence-corrected chi connectivity index (χ2v) is 7.57. The van der Waals surface area contributed by atoms with E-state index in [0.717, 1.165) is 47.6 Å². The van der Waals surface area contributed by atoms with Crippen LogP contribution in [0.2, 0.25) is 0 Å². The second-order valence-electron chi connectivity index (χ2n) is 7.57. The Bertz CT molecular complexity index is 1010. The van der Waals surface area contributed by atoms with Crippen LogP contribution in [0.3, 0.4) is 0 Å². The third-order valence-electron chi connectivity index (χ3n) is 5.68. The first-order chi connectivity index (χ1) is 14.1. The molecule has 148 valence electrons. The lowest BCUT2D eigenvalue weighted by Crippen LogP contribution is -2.23. The molecule has 29 heavy (non-hydrogen) atoms. The van der Waals surface area contributed by atoms with E-state index in [9.17, 15) is 4.79 Å². The van der Waals surface area contributed by atoms with Gasteiger partial charge < -0.3 is 9.47 Å². The summed E-state index contributed by atoms with van der Waals surface area (Å²) in [5, 5.41) is 0. The quantitative estimate of drug-likeness (QED) is 0.570. The van der Waals surface area contributed by atoms with Crippen molar-refractivity contribution in [2.24, 2.45) is 0 Å². The Kier molecular flexibility index (Phi) is 5.34. The summed E-state index contributed by atoms with van der Waals surface area (Å²) in [4.78, 5) is 17.7. The van der Waals surface area contributed by atoms with Gasteiger partial charge in [-0.15, -0.1) is 0 Å². The number of ether oxygens (including phenoxy) is 2. The minimum Gasteiger partial charge on any atom is -0.497 e. The van der Waals surface area contributed by atoms with Crippen LogP contribution in [-0.2, 0) is 23.1 Å². The molecule has 3 aromatic rings. The molecule has 0 spiro atoms. The molecule has 0 atom stereocenters. The number of pyridine rings is 1. The fraction of sp³-hybridized carbons (Fsp3) is 0.280. The zero-order valence-corrected chi connectivity index (χ0v) is 16.9. The highest BCUT2D eigenvalue weighted by molar-refractivity contribution is 5.95. The Morgan fingerprint density at radius 3 is 2.48 bits per heavy atom. The summed E-state index contributed by atoms with van der Waals surface area (Å²) < 4.78 is 10.8. The summed E-state index contributed by atoms with van der Waals surface area (Å²) in [7, 11) is 3.33. The van der Waals surface area contributed by atoms with E-state index in [-0.39, 0.29) is 5.78 Å². The van der Waals surface area contributed by atoms with Gasteiger partial charge in [-0.3, -0.25) is 9.78 Å². The molecular formula is C25H25NO3. The molecule has 0 unspecified atom stereocenters. The van der Waals surface area contributed by atoms with E-state index >= 15 is 0 Å². The predicted octanol–water partition coefficient (Wildman–Crippen LogP) is 4.53. The largest absolute Gasteiger partial charge is 0.497 e. The minimum atomic E-state index is -0.409. The lowest BCUT2D eigenvalue weighted by atomic mass is 9.88. The van der Waals surface area contributed by atoms with Crippen LogP contribution in [0.25, 0.3) is 0 Å². The van der Waals surface area contributed by atoms with Gasteiger partial charge in [0.25, 0.3) is 0 Å². The van der Waals surface area contributed by atoms with Gasteiger partial charge in [-0.1, -0.05) is 36.4 Å². The van der Waals surface area contributed by atoms with E-state index in [1.165, 1.54) is 5.56 Å². The van der Waals surface area contributed by atoms with Crippen LogP contribution in [0, 0.1) is 0 Å². The number of carbonyl (C=O) groups excluding carboxylic acids is 1. The monoisotopic (exact) mass is 387 g/mol. The van der Waals surface area contributed by atoms with Crippen LogP contribution in [0.4, 0.5) is 0 Å². The van der Waals surface area contributed by atoms with Crippen molar-refractivity contribution in [1.29, 1.82) is 0 Å². The van der Waals surface area contributed by atoms with Crippen LogP contribution < -0.4 is 9.47 Å². The molecule has 0 saturated heterocycles. The van der Waals surface area contributed by atoms with Crippen molar-refractivity contribution in [3.05, 3.63) is 89.2 Å². The molecule has 0 bridgehead atoms. The Balaban J connectivity index is 1.45. The molecule has 1 saturated carbocycles. The van der Waals surface area contributed by atoms with Gasteiger partial charge in [0.15, 0.2) is 0 Å². The minimum absolute atomic E-state index is 0.218. The summed E-state index contributed by atoms with van der Waals surface area (Å²) in [5.74, 6) is 1.86. The third-order valence-corrected chi connectivity index (χ3v) is 5.68. The highest BCUT2D eigenvalue weighted by Crippen LogP contribution is 2.52. The topological polar surface area (TPSA) is 48.4 Å². The number of para-hydroxylation sites is 1. The summed E-state index contributed by atoms with van der Waals surface area (Å²) in [6, 6.07) is 19.9. The van der Waals surface area contributed by atoms with E-state index in [1.54, 1.807) is 14.2 Å². The molecule has 1 aliphatic rings. The Hall–Kier alpha value is -3.14. The molecule has 0 amide bonds. The van der Waals surface area contributed by atoms with Gasteiger partial charge in [0.2, 0.25) is 0 Å². The number of aromatic nitrogens is 1. The zero-order chi connectivity index (χ0) is 20.3. The number of benzene rings is 2. The lowest BCUT2D eigenvalue weighted by Gasteiger charge is -2.17.